The van der Waals surface area contributed by atoms with Gasteiger partial charge in [-0.2, -0.15) is 5.26 Å². The number of anilines is 1. The van der Waals surface area contributed by atoms with Crippen LogP contribution in [0.1, 0.15) is 43.0 Å². The Balaban J connectivity index is 1.69. The minimum absolute atomic E-state index is 0.205. The van der Waals surface area contributed by atoms with Crippen molar-refractivity contribution < 1.29 is 4.79 Å². The number of aromatic nitrogens is 2. The molecule has 4 rings (SSSR count). The molecule has 0 bridgehead atoms. The molecule has 0 unspecified atom stereocenters. The summed E-state index contributed by atoms with van der Waals surface area (Å²) in [6.45, 7) is 3.63. The van der Waals surface area contributed by atoms with Crippen LogP contribution in [0.25, 0.3) is 11.0 Å². The van der Waals surface area contributed by atoms with Crippen molar-refractivity contribution in [2.45, 2.75) is 31.7 Å². The van der Waals surface area contributed by atoms with E-state index >= 15 is 0 Å². The second kappa shape index (κ2) is 8.27. The number of para-hydroxylation sites is 2. The summed E-state index contributed by atoms with van der Waals surface area (Å²) in [6.07, 6.45) is 2.14. The molecule has 0 aliphatic carbocycles. The average molecular weight is 385 g/mol. The number of carbonyl (C=O) groups excluding carboxylic acids is 1. The average Bonchev–Trinajstić information content (AvgIpc) is 3.29. The third-order valence-electron chi connectivity index (χ3n) is 5.31. The van der Waals surface area contributed by atoms with Gasteiger partial charge >= 0.3 is 0 Å². The Hall–Kier alpha value is -3.46. The van der Waals surface area contributed by atoms with Gasteiger partial charge in [0.05, 0.1) is 23.1 Å². The third-order valence-corrected chi connectivity index (χ3v) is 5.31. The van der Waals surface area contributed by atoms with Gasteiger partial charge in [-0.1, -0.05) is 42.5 Å². The van der Waals surface area contributed by atoms with E-state index in [4.69, 9.17) is 9.97 Å². The number of hydrogen-bond acceptors (Lipinski definition) is 5. The summed E-state index contributed by atoms with van der Waals surface area (Å²) in [5.41, 5.74) is 2.88. The Morgan fingerprint density at radius 3 is 2.31 bits per heavy atom. The molecule has 3 aromatic rings. The number of nitrogens with zero attached hydrogens (tertiary/aromatic N) is 4. The highest BCUT2D eigenvalue weighted by atomic mass is 16.1. The fourth-order valence-electron chi connectivity index (χ4n) is 3.73. The van der Waals surface area contributed by atoms with E-state index in [2.05, 4.69) is 16.3 Å². The molecule has 1 amide bonds. The van der Waals surface area contributed by atoms with Crippen LogP contribution in [-0.2, 0) is 4.79 Å². The van der Waals surface area contributed by atoms with Gasteiger partial charge in [-0.15, -0.1) is 0 Å². The van der Waals surface area contributed by atoms with Crippen LogP contribution >= 0.6 is 0 Å². The Kier molecular flexibility index (Phi) is 5.39. The molecule has 29 heavy (non-hydrogen) atoms. The number of fused-ring (bicyclic) bond motifs is 1. The van der Waals surface area contributed by atoms with Crippen LogP contribution in [0.5, 0.6) is 0 Å². The molecule has 2 atom stereocenters. The van der Waals surface area contributed by atoms with E-state index in [1.54, 1.807) is 0 Å². The Morgan fingerprint density at radius 2 is 1.66 bits per heavy atom. The van der Waals surface area contributed by atoms with Gasteiger partial charge in [-0.25, -0.2) is 9.97 Å². The van der Waals surface area contributed by atoms with Gasteiger partial charge in [0.15, 0.2) is 11.7 Å². The fraction of sp³-hybridized carbons (Fsp3) is 0.304. The maximum atomic E-state index is 13.0. The summed E-state index contributed by atoms with van der Waals surface area (Å²) in [5, 5.41) is 12.8. The van der Waals surface area contributed by atoms with E-state index in [1.165, 1.54) is 0 Å². The lowest BCUT2D eigenvalue weighted by atomic mass is 10.0. The summed E-state index contributed by atoms with van der Waals surface area (Å²) < 4.78 is 0. The van der Waals surface area contributed by atoms with Crippen molar-refractivity contribution in [1.82, 2.24) is 15.3 Å². The standard InChI is InChI=1S/C23H23N5O/c1-16(17-9-3-2-4-10-17)25-23(29)18(15-24)21-22(28-13-7-8-14-28)27-20-12-6-5-11-19(20)26-21/h2-6,9-12,16,18H,7-8,13-14H2,1H3,(H,25,29)/t16-,18+/m0/s1. The summed E-state index contributed by atoms with van der Waals surface area (Å²) in [6, 6.07) is 19.2. The molecule has 6 nitrogen and oxygen atoms in total. The zero-order chi connectivity index (χ0) is 20.2. The monoisotopic (exact) mass is 385 g/mol. The first-order chi connectivity index (χ1) is 14.2. The predicted molar refractivity (Wildman–Crippen MR) is 112 cm³/mol. The minimum atomic E-state index is -1.02. The van der Waals surface area contributed by atoms with Gasteiger partial charge in [0, 0.05) is 13.1 Å². The third kappa shape index (κ3) is 3.90. The minimum Gasteiger partial charge on any atom is -0.355 e. The van der Waals surface area contributed by atoms with Gasteiger partial charge in [0.1, 0.15) is 5.69 Å². The van der Waals surface area contributed by atoms with E-state index in [0.717, 1.165) is 37.0 Å². The van der Waals surface area contributed by atoms with Crippen molar-refractivity contribution in [1.29, 1.82) is 5.26 Å². The second-order valence-electron chi connectivity index (χ2n) is 7.32. The normalized spacial score (nSPS) is 15.7. The van der Waals surface area contributed by atoms with Crippen LogP contribution in [0.3, 0.4) is 0 Å². The zero-order valence-corrected chi connectivity index (χ0v) is 16.4. The SMILES string of the molecule is C[C@H](NC(=O)[C@H](C#N)c1nc2ccccc2nc1N1CCCC1)c1ccccc1. The molecule has 1 fully saturated rings. The largest absolute Gasteiger partial charge is 0.355 e. The van der Waals surface area contributed by atoms with Gasteiger partial charge in [0.2, 0.25) is 5.91 Å². The van der Waals surface area contributed by atoms with Crippen molar-refractivity contribution in [3.63, 3.8) is 0 Å². The summed E-state index contributed by atoms with van der Waals surface area (Å²) in [5.74, 6) is -0.724. The number of nitrogens with one attached hydrogen (secondary N) is 1. The van der Waals surface area contributed by atoms with E-state index in [1.807, 2.05) is 61.5 Å². The first-order valence-corrected chi connectivity index (χ1v) is 9.94. The molecule has 1 aliphatic rings. The highest BCUT2D eigenvalue weighted by Crippen LogP contribution is 2.30. The van der Waals surface area contributed by atoms with Crippen molar-refractivity contribution in [3.05, 3.63) is 65.9 Å². The smallest absolute Gasteiger partial charge is 0.244 e. The van der Waals surface area contributed by atoms with Crippen LogP contribution in [-0.4, -0.2) is 29.0 Å². The Bertz CT molecular complexity index is 1050. The summed E-state index contributed by atoms with van der Waals surface area (Å²) >= 11 is 0. The van der Waals surface area contributed by atoms with E-state index in [9.17, 15) is 10.1 Å². The van der Waals surface area contributed by atoms with Crippen molar-refractivity contribution >= 4 is 22.8 Å². The lowest BCUT2D eigenvalue weighted by Gasteiger charge is -2.23. The first-order valence-electron chi connectivity index (χ1n) is 9.94. The molecule has 0 saturated carbocycles. The van der Waals surface area contributed by atoms with Crippen molar-refractivity contribution in [2.75, 3.05) is 18.0 Å². The number of benzene rings is 2. The molecule has 1 aliphatic heterocycles. The lowest BCUT2D eigenvalue weighted by molar-refractivity contribution is -0.122. The van der Waals surface area contributed by atoms with Crippen molar-refractivity contribution in [3.8, 4) is 6.07 Å². The molecular weight excluding hydrogens is 362 g/mol. The Labute approximate surface area is 170 Å². The molecule has 1 saturated heterocycles. The molecule has 146 valence electrons. The number of hydrogen-bond donors (Lipinski definition) is 1. The molecule has 2 heterocycles. The van der Waals surface area contributed by atoms with Gasteiger partial charge in [-0.05, 0) is 37.5 Å². The van der Waals surface area contributed by atoms with Gasteiger partial charge in [0.25, 0.3) is 0 Å². The molecule has 1 aromatic heterocycles. The quantitative estimate of drug-likeness (QED) is 0.724. The number of rotatable bonds is 5. The fourth-order valence-corrected chi connectivity index (χ4v) is 3.73. The van der Waals surface area contributed by atoms with Crippen LogP contribution in [0.15, 0.2) is 54.6 Å². The highest BCUT2D eigenvalue weighted by molar-refractivity contribution is 5.89. The molecule has 0 radical (unpaired) electrons. The maximum Gasteiger partial charge on any atom is 0.244 e. The van der Waals surface area contributed by atoms with Crippen LogP contribution in [0.4, 0.5) is 5.82 Å². The topological polar surface area (TPSA) is 81.9 Å². The molecule has 1 N–H and O–H groups in total. The van der Waals surface area contributed by atoms with Gasteiger partial charge in [-0.3, -0.25) is 4.79 Å². The van der Waals surface area contributed by atoms with Crippen LogP contribution in [0.2, 0.25) is 0 Å². The van der Waals surface area contributed by atoms with E-state index < -0.39 is 5.92 Å². The van der Waals surface area contributed by atoms with E-state index in [-0.39, 0.29) is 11.9 Å². The van der Waals surface area contributed by atoms with Crippen LogP contribution in [0, 0.1) is 11.3 Å². The Morgan fingerprint density at radius 1 is 1.03 bits per heavy atom. The van der Waals surface area contributed by atoms with Gasteiger partial charge < -0.3 is 10.2 Å². The van der Waals surface area contributed by atoms with Crippen molar-refractivity contribution in [2.24, 2.45) is 0 Å². The summed E-state index contributed by atoms with van der Waals surface area (Å²) in [4.78, 5) is 24.7. The second-order valence-corrected chi connectivity index (χ2v) is 7.32. The number of amides is 1. The first kappa shape index (κ1) is 18.9. The van der Waals surface area contributed by atoms with Crippen LogP contribution < -0.4 is 10.2 Å². The molecule has 0 spiro atoms. The molecule has 2 aromatic carbocycles. The van der Waals surface area contributed by atoms with E-state index in [0.29, 0.717) is 17.0 Å². The highest BCUT2D eigenvalue weighted by Gasteiger charge is 2.30. The number of carbonyl (C=O) groups is 1. The summed E-state index contributed by atoms with van der Waals surface area (Å²) in [7, 11) is 0. The number of nitriles is 1. The zero-order valence-electron chi connectivity index (χ0n) is 16.4. The predicted octanol–water partition coefficient (Wildman–Crippen LogP) is 3.71. The lowest BCUT2D eigenvalue weighted by Crippen LogP contribution is -2.33. The maximum absolute atomic E-state index is 13.0. The molecular formula is C23H23N5O. The molecule has 6 heteroatoms.